The summed E-state index contributed by atoms with van der Waals surface area (Å²) in [4.78, 5) is 13.0. The molecule has 0 aliphatic rings. The van der Waals surface area contributed by atoms with Gasteiger partial charge in [0.05, 0.1) is 0 Å². The topological polar surface area (TPSA) is 60.8 Å². The molecule has 0 saturated carbocycles. The minimum absolute atomic E-state index is 0.0378. The van der Waals surface area contributed by atoms with Crippen molar-refractivity contribution in [2.75, 3.05) is 18.3 Å². The number of halogens is 2. The SMILES string of the molecule is C=CC(=O)N(C)c1cc(O)cc(C(O)c2ccc(Cl)cc2)c1.CC.CCl. The summed E-state index contributed by atoms with van der Waals surface area (Å²) in [5.41, 5.74) is 1.58. The van der Waals surface area contributed by atoms with Gasteiger partial charge in [0.1, 0.15) is 11.9 Å². The Morgan fingerprint density at radius 2 is 1.65 bits per heavy atom. The van der Waals surface area contributed by atoms with E-state index in [1.165, 1.54) is 29.5 Å². The molecule has 2 N–H and O–H groups in total. The van der Waals surface area contributed by atoms with Gasteiger partial charge in [-0.1, -0.05) is 44.2 Å². The number of alkyl halides is 1. The fraction of sp³-hybridized carbons (Fsp3) is 0.250. The van der Waals surface area contributed by atoms with Crippen LogP contribution < -0.4 is 4.90 Å². The number of phenolic OH excluding ortho intramolecular Hbond substituents is 1. The van der Waals surface area contributed by atoms with Gasteiger partial charge in [-0.2, -0.15) is 0 Å². The van der Waals surface area contributed by atoms with E-state index in [1.54, 1.807) is 37.4 Å². The predicted molar refractivity (Wildman–Crippen MR) is 110 cm³/mol. The van der Waals surface area contributed by atoms with Crippen molar-refractivity contribution >= 4 is 34.8 Å². The zero-order valence-electron chi connectivity index (χ0n) is 15.4. The quantitative estimate of drug-likeness (QED) is 0.553. The Balaban J connectivity index is 0.00000146. The zero-order chi connectivity index (χ0) is 20.3. The first-order chi connectivity index (χ1) is 12.4. The number of amides is 1. The van der Waals surface area contributed by atoms with E-state index >= 15 is 0 Å². The number of benzene rings is 2. The fourth-order valence-corrected chi connectivity index (χ4v) is 2.20. The van der Waals surface area contributed by atoms with Crippen LogP contribution in [-0.2, 0) is 4.79 Å². The summed E-state index contributed by atoms with van der Waals surface area (Å²) in [5, 5.41) is 20.8. The number of phenols is 1. The van der Waals surface area contributed by atoms with Gasteiger partial charge in [-0.3, -0.25) is 4.79 Å². The molecule has 0 fully saturated rings. The number of hydrogen-bond acceptors (Lipinski definition) is 3. The average molecular weight is 398 g/mol. The van der Waals surface area contributed by atoms with Crippen LogP contribution in [0.25, 0.3) is 0 Å². The summed E-state index contributed by atoms with van der Waals surface area (Å²) in [7, 11) is 1.57. The van der Waals surface area contributed by atoms with Gasteiger partial charge in [-0.25, -0.2) is 0 Å². The first kappa shape index (κ1) is 24.0. The highest BCUT2D eigenvalue weighted by molar-refractivity contribution is 6.30. The van der Waals surface area contributed by atoms with Gasteiger partial charge < -0.3 is 15.1 Å². The molecular formula is C20H25Cl2NO3. The number of aliphatic hydroxyl groups excluding tert-OH is 1. The highest BCUT2D eigenvalue weighted by Crippen LogP contribution is 2.30. The third-order valence-electron chi connectivity index (χ3n) is 3.32. The molecule has 0 heterocycles. The van der Waals surface area contributed by atoms with E-state index in [0.29, 0.717) is 21.8 Å². The lowest BCUT2D eigenvalue weighted by Crippen LogP contribution is -2.23. The first-order valence-electron chi connectivity index (χ1n) is 7.97. The first-order valence-corrected chi connectivity index (χ1v) is 9.11. The van der Waals surface area contributed by atoms with Crippen molar-refractivity contribution < 1.29 is 15.0 Å². The maximum atomic E-state index is 11.7. The van der Waals surface area contributed by atoms with Crippen molar-refractivity contribution in [2.45, 2.75) is 20.0 Å². The minimum atomic E-state index is -0.935. The van der Waals surface area contributed by atoms with Crippen molar-refractivity contribution in [1.82, 2.24) is 0 Å². The van der Waals surface area contributed by atoms with E-state index in [2.05, 4.69) is 18.2 Å². The number of aromatic hydroxyl groups is 1. The molecule has 0 bridgehead atoms. The molecule has 0 spiro atoms. The van der Waals surface area contributed by atoms with E-state index in [9.17, 15) is 15.0 Å². The maximum absolute atomic E-state index is 11.7. The molecule has 1 amide bonds. The van der Waals surface area contributed by atoms with Crippen molar-refractivity contribution in [2.24, 2.45) is 0 Å². The summed E-state index contributed by atoms with van der Waals surface area (Å²) in [6.45, 7) is 7.43. The van der Waals surface area contributed by atoms with Gasteiger partial charge in [0.25, 0.3) is 0 Å². The second-order valence-corrected chi connectivity index (χ2v) is 5.27. The molecule has 2 aromatic carbocycles. The van der Waals surface area contributed by atoms with Crippen LogP contribution in [0, 0.1) is 0 Å². The van der Waals surface area contributed by atoms with Crippen LogP contribution in [0.15, 0.2) is 55.1 Å². The maximum Gasteiger partial charge on any atom is 0.250 e. The lowest BCUT2D eigenvalue weighted by atomic mass is 10.0. The molecule has 142 valence electrons. The number of rotatable bonds is 4. The number of hydrogen-bond donors (Lipinski definition) is 2. The molecule has 2 rings (SSSR count). The number of carbonyl (C=O) groups excluding carboxylic acids is 1. The van der Waals surface area contributed by atoms with Crippen LogP contribution in [0.5, 0.6) is 5.75 Å². The van der Waals surface area contributed by atoms with Gasteiger partial charge in [-0.05, 0) is 41.5 Å². The van der Waals surface area contributed by atoms with E-state index in [4.69, 9.17) is 11.6 Å². The second kappa shape index (κ2) is 12.4. The number of aliphatic hydroxyl groups is 1. The van der Waals surface area contributed by atoms with Gasteiger partial charge in [-0.15, -0.1) is 11.6 Å². The van der Waals surface area contributed by atoms with Crippen molar-refractivity contribution in [1.29, 1.82) is 0 Å². The molecule has 2 aromatic rings. The average Bonchev–Trinajstić information content (AvgIpc) is 2.69. The van der Waals surface area contributed by atoms with Gasteiger partial charge >= 0.3 is 0 Å². The molecule has 0 radical (unpaired) electrons. The Morgan fingerprint density at radius 3 is 2.15 bits per heavy atom. The fourth-order valence-electron chi connectivity index (χ4n) is 2.07. The molecule has 4 nitrogen and oxygen atoms in total. The summed E-state index contributed by atoms with van der Waals surface area (Å²) in [6, 6.07) is 11.3. The summed E-state index contributed by atoms with van der Waals surface area (Å²) in [5.74, 6) is -0.346. The van der Waals surface area contributed by atoms with Gasteiger partial charge in [0.15, 0.2) is 0 Å². The normalized spacial score (nSPS) is 10.4. The Morgan fingerprint density at radius 1 is 1.12 bits per heavy atom. The Bertz CT molecular complexity index is 703. The lowest BCUT2D eigenvalue weighted by Gasteiger charge is -2.19. The summed E-state index contributed by atoms with van der Waals surface area (Å²) in [6.07, 6.45) is 1.72. The lowest BCUT2D eigenvalue weighted by molar-refractivity contribution is -0.113. The zero-order valence-corrected chi connectivity index (χ0v) is 16.9. The Hall–Kier alpha value is -2.01. The van der Waals surface area contributed by atoms with Crippen molar-refractivity contribution in [3.63, 3.8) is 0 Å². The highest BCUT2D eigenvalue weighted by atomic mass is 35.5. The molecule has 0 aliphatic carbocycles. The van der Waals surface area contributed by atoms with Crippen LogP contribution in [0.4, 0.5) is 5.69 Å². The molecule has 0 saturated heterocycles. The van der Waals surface area contributed by atoms with Crippen molar-refractivity contribution in [3.8, 4) is 5.75 Å². The summed E-state index contributed by atoms with van der Waals surface area (Å²) < 4.78 is 0. The van der Waals surface area contributed by atoms with E-state index in [-0.39, 0.29) is 11.7 Å². The van der Waals surface area contributed by atoms with Crippen LogP contribution in [0.1, 0.15) is 31.1 Å². The van der Waals surface area contributed by atoms with Crippen LogP contribution in [-0.4, -0.2) is 29.6 Å². The van der Waals surface area contributed by atoms with Gasteiger partial charge in [0, 0.05) is 30.2 Å². The number of nitrogens with zero attached hydrogens (tertiary/aromatic N) is 1. The predicted octanol–water partition coefficient (Wildman–Crippen LogP) is 5.16. The van der Waals surface area contributed by atoms with Crippen LogP contribution in [0.2, 0.25) is 5.02 Å². The monoisotopic (exact) mass is 397 g/mol. The smallest absolute Gasteiger partial charge is 0.250 e. The molecule has 0 aliphatic heterocycles. The standard InChI is InChI=1S/C17H16ClNO3.C2H6.CH3Cl/c1-3-16(21)19(2)14-8-12(9-15(20)10-14)17(22)11-4-6-13(18)7-5-11;2*1-2/h3-10,17,20,22H,1H2,2H3;1-2H3;1H3. The second-order valence-electron chi connectivity index (χ2n) is 4.84. The third kappa shape index (κ3) is 6.71. The highest BCUT2D eigenvalue weighted by Gasteiger charge is 2.15. The van der Waals surface area contributed by atoms with Crippen LogP contribution in [0.3, 0.4) is 0 Å². The largest absolute Gasteiger partial charge is 0.508 e. The molecule has 1 atom stereocenters. The van der Waals surface area contributed by atoms with E-state index in [0.717, 1.165) is 0 Å². The molecule has 6 heteroatoms. The van der Waals surface area contributed by atoms with E-state index in [1.807, 2.05) is 13.8 Å². The van der Waals surface area contributed by atoms with Crippen LogP contribution >= 0.6 is 23.2 Å². The summed E-state index contributed by atoms with van der Waals surface area (Å²) >= 11 is 10.5. The Kier molecular flexibility index (Phi) is 11.4. The van der Waals surface area contributed by atoms with Gasteiger partial charge in [0.2, 0.25) is 5.91 Å². The van der Waals surface area contributed by atoms with Crippen molar-refractivity contribution in [3.05, 3.63) is 71.3 Å². The molecule has 1 unspecified atom stereocenters. The third-order valence-corrected chi connectivity index (χ3v) is 3.57. The molecule has 0 aromatic heterocycles. The number of anilines is 1. The minimum Gasteiger partial charge on any atom is -0.508 e. The molecular weight excluding hydrogens is 373 g/mol. The van der Waals surface area contributed by atoms with E-state index < -0.39 is 6.10 Å². The number of likely N-dealkylation sites (N-methyl/N-ethyl adjacent to an activating group) is 1. The Labute approximate surface area is 165 Å². The number of carbonyl (C=O) groups is 1. The molecule has 26 heavy (non-hydrogen) atoms.